The summed E-state index contributed by atoms with van der Waals surface area (Å²) in [7, 11) is 0. The average molecular weight is 392 g/mol. The maximum atomic E-state index is 10.7. The van der Waals surface area contributed by atoms with Crippen molar-refractivity contribution in [2.24, 2.45) is 0 Å². The number of nitrogens with one attached hydrogen (secondary N) is 1. The largest absolute Gasteiger partial charge is 0.491 e. The highest BCUT2D eigenvalue weighted by molar-refractivity contribution is 5.86. The zero-order valence-electron chi connectivity index (χ0n) is 17.4. The lowest BCUT2D eigenvalue weighted by Gasteiger charge is -2.37. The van der Waals surface area contributed by atoms with E-state index in [-0.39, 0.29) is 0 Å². The lowest BCUT2D eigenvalue weighted by atomic mass is 9.89. The Bertz CT molecular complexity index is 1020. The first-order valence-corrected chi connectivity index (χ1v) is 10.9. The van der Waals surface area contributed by atoms with Crippen LogP contribution in [0.2, 0.25) is 0 Å². The Morgan fingerprint density at radius 1 is 1.14 bits per heavy atom. The topological polar surface area (TPSA) is 38.8 Å². The molecular weight excluding hydrogens is 360 g/mol. The highest BCUT2D eigenvalue weighted by Crippen LogP contribution is 2.37. The molecule has 2 aromatic carbocycles. The van der Waals surface area contributed by atoms with Gasteiger partial charge in [-0.05, 0) is 56.5 Å². The zero-order valence-corrected chi connectivity index (χ0v) is 17.4. The first kappa shape index (κ1) is 18.7. The molecule has 4 heteroatoms. The number of quaternary nitrogens is 1. The lowest BCUT2D eigenvalue weighted by Crippen LogP contribution is -3.14. The number of nitrogens with zero attached hydrogens (tertiary/aromatic N) is 1. The molecule has 0 spiro atoms. The maximum Gasteiger partial charge on any atom is 0.137 e. The van der Waals surface area contributed by atoms with E-state index in [4.69, 9.17) is 4.74 Å². The van der Waals surface area contributed by atoms with Gasteiger partial charge in [0.15, 0.2) is 0 Å². The second-order valence-corrected chi connectivity index (χ2v) is 8.87. The lowest BCUT2D eigenvalue weighted by molar-refractivity contribution is -0.939. The van der Waals surface area contributed by atoms with Gasteiger partial charge in [0.2, 0.25) is 0 Å². The summed E-state index contributed by atoms with van der Waals surface area (Å²) in [6, 6.07) is 15.4. The second-order valence-electron chi connectivity index (χ2n) is 8.87. The number of hydrogen-bond acceptors (Lipinski definition) is 2. The van der Waals surface area contributed by atoms with Gasteiger partial charge in [-0.15, -0.1) is 0 Å². The zero-order chi connectivity index (χ0) is 20.0. The van der Waals surface area contributed by atoms with Gasteiger partial charge in [0.05, 0.1) is 18.8 Å². The molecular formula is C25H31N2O2+. The van der Waals surface area contributed by atoms with Crippen molar-refractivity contribution in [2.45, 2.75) is 51.8 Å². The molecule has 2 heterocycles. The van der Waals surface area contributed by atoms with Gasteiger partial charge in [-0.1, -0.05) is 29.3 Å². The number of hydrogen-bond donors (Lipinski definition) is 2. The first-order valence-electron chi connectivity index (χ1n) is 10.9. The van der Waals surface area contributed by atoms with E-state index in [1.165, 1.54) is 51.9 Å². The van der Waals surface area contributed by atoms with Gasteiger partial charge < -0.3 is 19.3 Å². The monoisotopic (exact) mass is 391 g/mol. The number of ether oxygens (including phenoxy) is 1. The molecule has 1 unspecified atom stereocenters. The van der Waals surface area contributed by atoms with Gasteiger partial charge in [-0.2, -0.15) is 0 Å². The average Bonchev–Trinajstić information content (AvgIpc) is 3.04. The molecule has 3 atom stereocenters. The van der Waals surface area contributed by atoms with Gasteiger partial charge in [0.1, 0.15) is 31.0 Å². The minimum absolute atomic E-state index is 0.355. The molecule has 0 saturated heterocycles. The van der Waals surface area contributed by atoms with E-state index in [0.29, 0.717) is 12.6 Å². The maximum absolute atomic E-state index is 10.7. The Morgan fingerprint density at radius 2 is 1.93 bits per heavy atom. The molecule has 0 radical (unpaired) electrons. The quantitative estimate of drug-likeness (QED) is 0.702. The molecule has 5 rings (SSSR count). The Morgan fingerprint density at radius 3 is 2.76 bits per heavy atom. The fourth-order valence-corrected chi connectivity index (χ4v) is 5.34. The number of aliphatic hydroxyl groups is 1. The molecule has 0 fully saturated rings. The van der Waals surface area contributed by atoms with Gasteiger partial charge in [-0.3, -0.25) is 0 Å². The van der Waals surface area contributed by atoms with Gasteiger partial charge in [0, 0.05) is 17.3 Å². The minimum Gasteiger partial charge on any atom is -0.491 e. The summed E-state index contributed by atoms with van der Waals surface area (Å²) in [5.41, 5.74) is 7.04. The second kappa shape index (κ2) is 7.51. The van der Waals surface area contributed by atoms with E-state index >= 15 is 0 Å². The molecule has 29 heavy (non-hydrogen) atoms. The van der Waals surface area contributed by atoms with E-state index in [9.17, 15) is 5.11 Å². The summed E-state index contributed by atoms with van der Waals surface area (Å²) < 4.78 is 8.40. The third kappa shape index (κ3) is 3.45. The predicted molar refractivity (Wildman–Crippen MR) is 116 cm³/mol. The van der Waals surface area contributed by atoms with Gasteiger partial charge in [-0.25, -0.2) is 0 Å². The summed E-state index contributed by atoms with van der Waals surface area (Å²) >= 11 is 0. The van der Waals surface area contributed by atoms with E-state index in [0.717, 1.165) is 25.4 Å². The van der Waals surface area contributed by atoms with Crippen molar-refractivity contribution in [1.82, 2.24) is 4.57 Å². The minimum atomic E-state index is -0.449. The molecule has 152 valence electrons. The van der Waals surface area contributed by atoms with Crippen molar-refractivity contribution in [1.29, 1.82) is 0 Å². The van der Waals surface area contributed by atoms with Crippen molar-refractivity contribution >= 4 is 10.9 Å². The Kier molecular flexibility index (Phi) is 4.84. The van der Waals surface area contributed by atoms with Crippen LogP contribution in [0.25, 0.3) is 10.9 Å². The summed E-state index contributed by atoms with van der Waals surface area (Å²) in [5, 5.41) is 12.1. The molecule has 1 aliphatic carbocycles. The van der Waals surface area contributed by atoms with Crippen LogP contribution >= 0.6 is 0 Å². The van der Waals surface area contributed by atoms with E-state index < -0.39 is 6.10 Å². The molecule has 2 aliphatic rings. The van der Waals surface area contributed by atoms with E-state index in [1.54, 1.807) is 5.56 Å². The fourth-order valence-electron chi connectivity index (χ4n) is 5.34. The normalized spacial score (nSPS) is 21.8. The number of benzene rings is 2. The van der Waals surface area contributed by atoms with Crippen LogP contribution in [0.5, 0.6) is 5.75 Å². The van der Waals surface area contributed by atoms with Crippen molar-refractivity contribution in [2.75, 3.05) is 19.7 Å². The van der Waals surface area contributed by atoms with Crippen LogP contribution in [0, 0.1) is 13.8 Å². The first-order chi connectivity index (χ1) is 14.1. The molecule has 0 amide bonds. The van der Waals surface area contributed by atoms with Crippen molar-refractivity contribution in [3.63, 3.8) is 0 Å². The Labute approximate surface area is 172 Å². The molecule has 2 N–H and O–H groups in total. The summed E-state index contributed by atoms with van der Waals surface area (Å²) in [5.74, 6) is 0.832. The van der Waals surface area contributed by atoms with Crippen LogP contribution < -0.4 is 9.64 Å². The number of rotatable bonds is 5. The number of fused-ring (bicyclic) bond motifs is 3. The molecule has 0 bridgehead atoms. The molecule has 1 aromatic heterocycles. The van der Waals surface area contributed by atoms with Crippen molar-refractivity contribution in [3.05, 3.63) is 64.8 Å². The standard InChI is InChI=1S/C25H30N2O2/c1-17-6-9-20(10-7-17)29-16-19(28)15-26-12-13-27-23-11-8-18(2)14-22(23)21-4-3-5-24(26)25(21)27/h6-11,14,19,24,28H,3-5,12-13,15-16H2,1-2H3/p+1/t19-,24-/m0/s1. The van der Waals surface area contributed by atoms with Crippen LogP contribution in [0.4, 0.5) is 0 Å². The van der Waals surface area contributed by atoms with Crippen molar-refractivity contribution < 1.29 is 14.7 Å². The molecule has 4 nitrogen and oxygen atoms in total. The van der Waals surface area contributed by atoms with E-state index in [2.05, 4.69) is 36.6 Å². The molecule has 1 aliphatic heterocycles. The van der Waals surface area contributed by atoms with Gasteiger partial charge >= 0.3 is 0 Å². The summed E-state index contributed by atoms with van der Waals surface area (Å²) in [6.45, 7) is 7.45. The Balaban J connectivity index is 1.33. The van der Waals surface area contributed by atoms with Crippen molar-refractivity contribution in [3.8, 4) is 5.75 Å². The summed E-state index contributed by atoms with van der Waals surface area (Å²) in [6.07, 6.45) is 3.19. The third-order valence-corrected chi connectivity index (χ3v) is 6.73. The molecule has 0 saturated carbocycles. The van der Waals surface area contributed by atoms with Crippen LogP contribution in [-0.4, -0.2) is 35.5 Å². The van der Waals surface area contributed by atoms with Crippen LogP contribution in [0.1, 0.15) is 41.3 Å². The smallest absolute Gasteiger partial charge is 0.137 e. The number of aromatic nitrogens is 1. The Hall–Kier alpha value is -2.30. The highest BCUT2D eigenvalue weighted by Gasteiger charge is 2.38. The van der Waals surface area contributed by atoms with Crippen LogP contribution in [-0.2, 0) is 13.0 Å². The third-order valence-electron chi connectivity index (χ3n) is 6.73. The summed E-state index contributed by atoms with van der Waals surface area (Å²) in [4.78, 5) is 1.51. The SMILES string of the molecule is Cc1ccc(OC[C@@H](O)C[NH+]2CCn3c4c(c5cc(C)ccc53)CCC[C@@H]42)cc1. The number of aryl methyl sites for hydroxylation is 3. The predicted octanol–water partition coefficient (Wildman–Crippen LogP) is 2.97. The fraction of sp³-hybridized carbons (Fsp3) is 0.440. The number of aliphatic hydroxyl groups excluding tert-OH is 1. The van der Waals surface area contributed by atoms with Crippen LogP contribution in [0.3, 0.4) is 0 Å². The van der Waals surface area contributed by atoms with Crippen LogP contribution in [0.15, 0.2) is 42.5 Å². The highest BCUT2D eigenvalue weighted by atomic mass is 16.5. The van der Waals surface area contributed by atoms with E-state index in [1.807, 2.05) is 24.3 Å². The molecule has 3 aromatic rings. The van der Waals surface area contributed by atoms with Gasteiger partial charge in [0.25, 0.3) is 0 Å².